The number of hydrogen-bond acceptors (Lipinski definition) is 2. The average Bonchev–Trinajstić information content (AvgIpc) is 2.90. The van der Waals surface area contributed by atoms with Crippen molar-refractivity contribution in [2.75, 3.05) is 0 Å². The van der Waals surface area contributed by atoms with E-state index in [1.807, 2.05) is 48.5 Å². The van der Waals surface area contributed by atoms with E-state index in [2.05, 4.69) is 36.8 Å². The van der Waals surface area contributed by atoms with Crippen molar-refractivity contribution in [1.29, 1.82) is 0 Å². The molecule has 0 bridgehead atoms. The fraction of sp³-hybridized carbons (Fsp3) is 0. The highest BCUT2D eigenvalue weighted by atomic mass is 79.9. The van der Waals surface area contributed by atoms with Crippen molar-refractivity contribution in [3.05, 3.63) is 63.7 Å². The molecule has 94 valence electrons. The van der Waals surface area contributed by atoms with E-state index in [0.717, 1.165) is 25.8 Å². The van der Waals surface area contributed by atoms with Crippen LogP contribution < -0.4 is 0 Å². The van der Waals surface area contributed by atoms with E-state index in [0.29, 0.717) is 5.89 Å². The van der Waals surface area contributed by atoms with Crippen LogP contribution in [0.3, 0.4) is 0 Å². The molecular formula is C15H9Br2NO. The summed E-state index contributed by atoms with van der Waals surface area (Å²) in [6.07, 6.45) is 1.75. The highest BCUT2D eigenvalue weighted by Crippen LogP contribution is 2.27. The zero-order valence-corrected chi connectivity index (χ0v) is 13.0. The maximum atomic E-state index is 5.79. The Morgan fingerprint density at radius 1 is 0.737 bits per heavy atom. The molecule has 0 aliphatic rings. The van der Waals surface area contributed by atoms with Gasteiger partial charge in [-0.1, -0.05) is 44.0 Å². The molecule has 0 saturated heterocycles. The van der Waals surface area contributed by atoms with Gasteiger partial charge in [0.1, 0.15) is 0 Å². The number of aromatic nitrogens is 1. The Kier molecular flexibility index (Phi) is 3.53. The summed E-state index contributed by atoms with van der Waals surface area (Å²) in [4.78, 5) is 4.32. The Bertz CT molecular complexity index is 627. The molecule has 0 saturated carbocycles. The molecule has 0 amide bonds. The Labute approximate surface area is 127 Å². The van der Waals surface area contributed by atoms with Gasteiger partial charge in [-0.2, -0.15) is 0 Å². The molecule has 2 aromatic carbocycles. The second-order valence-corrected chi connectivity index (χ2v) is 5.87. The predicted molar refractivity (Wildman–Crippen MR) is 82.8 cm³/mol. The predicted octanol–water partition coefficient (Wildman–Crippen LogP) is 5.53. The Morgan fingerprint density at radius 2 is 1.26 bits per heavy atom. The Balaban J connectivity index is 1.95. The third-order valence-corrected chi connectivity index (χ3v) is 3.78. The molecule has 4 heteroatoms. The fourth-order valence-electron chi connectivity index (χ4n) is 1.75. The maximum Gasteiger partial charge on any atom is 0.226 e. The molecular weight excluding hydrogens is 370 g/mol. The summed E-state index contributed by atoms with van der Waals surface area (Å²) in [6, 6.07) is 15.8. The van der Waals surface area contributed by atoms with Crippen LogP contribution >= 0.6 is 31.9 Å². The molecule has 0 aliphatic carbocycles. The summed E-state index contributed by atoms with van der Waals surface area (Å²) >= 11 is 6.83. The minimum absolute atomic E-state index is 0.630. The van der Waals surface area contributed by atoms with E-state index in [-0.39, 0.29) is 0 Å². The third-order valence-electron chi connectivity index (χ3n) is 2.73. The van der Waals surface area contributed by atoms with Crippen LogP contribution in [0.1, 0.15) is 0 Å². The van der Waals surface area contributed by atoms with Crippen molar-refractivity contribution in [1.82, 2.24) is 4.98 Å². The minimum atomic E-state index is 0.630. The molecule has 0 spiro atoms. The van der Waals surface area contributed by atoms with E-state index in [4.69, 9.17) is 4.42 Å². The molecule has 0 radical (unpaired) electrons. The number of hydrogen-bond donors (Lipinski definition) is 0. The molecule has 3 rings (SSSR count). The summed E-state index contributed by atoms with van der Waals surface area (Å²) in [5, 5.41) is 0. The second kappa shape index (κ2) is 5.31. The summed E-state index contributed by atoms with van der Waals surface area (Å²) < 4.78 is 7.88. The van der Waals surface area contributed by atoms with Gasteiger partial charge in [0.15, 0.2) is 5.76 Å². The molecule has 0 unspecified atom stereocenters. The van der Waals surface area contributed by atoms with Gasteiger partial charge in [-0.05, 0) is 36.4 Å². The van der Waals surface area contributed by atoms with Gasteiger partial charge >= 0.3 is 0 Å². The summed E-state index contributed by atoms with van der Waals surface area (Å²) in [5.41, 5.74) is 1.98. The largest absolute Gasteiger partial charge is 0.436 e. The maximum absolute atomic E-state index is 5.79. The van der Waals surface area contributed by atoms with Gasteiger partial charge in [0, 0.05) is 20.1 Å². The van der Waals surface area contributed by atoms with Crippen LogP contribution in [0.2, 0.25) is 0 Å². The summed E-state index contributed by atoms with van der Waals surface area (Å²) in [7, 11) is 0. The lowest BCUT2D eigenvalue weighted by Crippen LogP contribution is -1.75. The normalized spacial score (nSPS) is 10.6. The molecule has 0 N–H and O–H groups in total. The lowest BCUT2D eigenvalue weighted by atomic mass is 10.2. The van der Waals surface area contributed by atoms with Crippen molar-refractivity contribution in [2.45, 2.75) is 0 Å². The Hall–Kier alpha value is -1.39. The topological polar surface area (TPSA) is 26.0 Å². The van der Waals surface area contributed by atoms with Crippen LogP contribution in [0.25, 0.3) is 22.8 Å². The van der Waals surface area contributed by atoms with Gasteiger partial charge < -0.3 is 4.42 Å². The standard InChI is InChI=1S/C15H9Br2NO/c16-12-5-1-10(2-6-12)14-9-18-15(19-14)11-3-7-13(17)8-4-11/h1-9H. The molecule has 2 nitrogen and oxygen atoms in total. The van der Waals surface area contributed by atoms with Gasteiger partial charge in [-0.25, -0.2) is 4.98 Å². The quantitative estimate of drug-likeness (QED) is 0.585. The zero-order chi connectivity index (χ0) is 13.2. The fourth-order valence-corrected chi connectivity index (χ4v) is 2.28. The van der Waals surface area contributed by atoms with Crippen LogP contribution in [0.5, 0.6) is 0 Å². The summed E-state index contributed by atoms with van der Waals surface area (Å²) in [6.45, 7) is 0. The number of halogens is 2. The van der Waals surface area contributed by atoms with Gasteiger partial charge in [0.25, 0.3) is 0 Å². The van der Waals surface area contributed by atoms with Crippen LogP contribution in [0, 0.1) is 0 Å². The molecule has 0 atom stereocenters. The third kappa shape index (κ3) is 2.80. The molecule has 1 aromatic heterocycles. The summed E-state index contributed by atoms with van der Waals surface area (Å²) in [5.74, 6) is 1.40. The first-order valence-corrected chi connectivity index (χ1v) is 7.29. The average molecular weight is 379 g/mol. The highest BCUT2D eigenvalue weighted by molar-refractivity contribution is 9.10. The lowest BCUT2D eigenvalue weighted by molar-refractivity contribution is 0.589. The van der Waals surface area contributed by atoms with Crippen LogP contribution in [0.15, 0.2) is 68.1 Å². The molecule has 19 heavy (non-hydrogen) atoms. The van der Waals surface area contributed by atoms with Crippen LogP contribution in [-0.4, -0.2) is 4.98 Å². The van der Waals surface area contributed by atoms with E-state index in [1.165, 1.54) is 0 Å². The molecule has 0 fully saturated rings. The SMILES string of the molecule is Brc1ccc(-c2cnc(-c3ccc(Br)cc3)o2)cc1. The van der Waals surface area contributed by atoms with E-state index in [1.54, 1.807) is 6.20 Å². The molecule has 3 aromatic rings. The van der Waals surface area contributed by atoms with E-state index in [9.17, 15) is 0 Å². The van der Waals surface area contributed by atoms with Crippen LogP contribution in [0.4, 0.5) is 0 Å². The number of nitrogens with zero attached hydrogens (tertiary/aromatic N) is 1. The molecule has 0 aliphatic heterocycles. The number of oxazole rings is 1. The lowest BCUT2D eigenvalue weighted by Gasteiger charge is -1.97. The van der Waals surface area contributed by atoms with Crippen LogP contribution in [-0.2, 0) is 0 Å². The van der Waals surface area contributed by atoms with Crippen molar-refractivity contribution in [3.8, 4) is 22.8 Å². The van der Waals surface area contributed by atoms with Gasteiger partial charge in [0.05, 0.1) is 6.20 Å². The zero-order valence-electron chi connectivity index (χ0n) is 9.81. The number of rotatable bonds is 2. The van der Waals surface area contributed by atoms with Crippen molar-refractivity contribution < 1.29 is 4.42 Å². The van der Waals surface area contributed by atoms with E-state index >= 15 is 0 Å². The highest BCUT2D eigenvalue weighted by Gasteiger charge is 2.08. The van der Waals surface area contributed by atoms with Gasteiger partial charge in [-0.15, -0.1) is 0 Å². The van der Waals surface area contributed by atoms with Crippen molar-refractivity contribution in [2.24, 2.45) is 0 Å². The first-order chi connectivity index (χ1) is 9.22. The number of benzene rings is 2. The molecule has 1 heterocycles. The van der Waals surface area contributed by atoms with E-state index < -0.39 is 0 Å². The minimum Gasteiger partial charge on any atom is -0.436 e. The second-order valence-electron chi connectivity index (χ2n) is 4.04. The smallest absolute Gasteiger partial charge is 0.226 e. The monoisotopic (exact) mass is 377 g/mol. The van der Waals surface area contributed by atoms with Gasteiger partial charge in [-0.3, -0.25) is 0 Å². The van der Waals surface area contributed by atoms with Gasteiger partial charge in [0.2, 0.25) is 5.89 Å². The Morgan fingerprint density at radius 3 is 1.84 bits per heavy atom. The first kappa shape index (κ1) is 12.6. The van der Waals surface area contributed by atoms with Crippen molar-refractivity contribution in [3.63, 3.8) is 0 Å². The van der Waals surface area contributed by atoms with Crippen molar-refractivity contribution >= 4 is 31.9 Å². The first-order valence-electron chi connectivity index (χ1n) is 5.70.